The molecule has 0 amide bonds. The second-order valence-electron chi connectivity index (χ2n) is 8.61. The number of imidazole rings is 1. The number of H-pyrrole nitrogens is 1. The number of rotatable bonds is 6. The minimum atomic E-state index is -2.55. The topological polar surface area (TPSA) is 37.9 Å². The van der Waals surface area contributed by atoms with Crippen LogP contribution in [-0.4, -0.2) is 24.9 Å². The van der Waals surface area contributed by atoms with E-state index < -0.39 is 8.32 Å². The number of benzene rings is 3. The number of aromatic amines is 1. The van der Waals surface area contributed by atoms with E-state index in [-0.39, 0.29) is 10.9 Å². The summed E-state index contributed by atoms with van der Waals surface area (Å²) in [5.74, 6) is 0.551. The van der Waals surface area contributed by atoms with Gasteiger partial charge in [-0.05, 0) is 33.6 Å². The molecule has 154 valence electrons. The van der Waals surface area contributed by atoms with Crippen LogP contribution in [0.4, 0.5) is 4.39 Å². The first-order valence-corrected chi connectivity index (χ1v) is 12.2. The second-order valence-corrected chi connectivity index (χ2v) is 12.9. The molecule has 0 unspecified atom stereocenters. The molecule has 0 bridgehead atoms. The fourth-order valence-corrected chi connectivity index (χ4v) is 8.78. The van der Waals surface area contributed by atoms with E-state index in [4.69, 9.17) is 4.43 Å². The molecule has 0 spiro atoms. The van der Waals surface area contributed by atoms with Crippen LogP contribution >= 0.6 is 0 Å². The van der Waals surface area contributed by atoms with Gasteiger partial charge < -0.3 is 9.41 Å². The van der Waals surface area contributed by atoms with Gasteiger partial charge in [-0.1, -0.05) is 81.4 Å². The van der Waals surface area contributed by atoms with Crippen LogP contribution in [0.2, 0.25) is 5.04 Å². The molecule has 1 aromatic heterocycles. The lowest BCUT2D eigenvalue weighted by Crippen LogP contribution is -2.66. The zero-order valence-corrected chi connectivity index (χ0v) is 18.7. The summed E-state index contributed by atoms with van der Waals surface area (Å²) in [7, 11) is -2.55. The second kappa shape index (κ2) is 8.17. The molecule has 0 fully saturated rings. The summed E-state index contributed by atoms with van der Waals surface area (Å²) in [5.41, 5.74) is 1.49. The first-order valence-electron chi connectivity index (χ1n) is 10.3. The highest BCUT2D eigenvalue weighted by Gasteiger charge is 2.49. The zero-order chi connectivity index (χ0) is 21.2. The lowest BCUT2D eigenvalue weighted by Gasteiger charge is -2.43. The maximum Gasteiger partial charge on any atom is 0.261 e. The third-order valence-corrected chi connectivity index (χ3v) is 10.6. The quantitative estimate of drug-likeness (QED) is 0.456. The predicted molar refractivity (Wildman–Crippen MR) is 123 cm³/mol. The highest BCUT2D eigenvalue weighted by Crippen LogP contribution is 2.36. The van der Waals surface area contributed by atoms with E-state index in [9.17, 15) is 4.39 Å². The Morgan fingerprint density at radius 3 is 2.07 bits per heavy atom. The lowest BCUT2D eigenvalue weighted by atomic mass is 10.2. The normalized spacial score (nSPS) is 12.4. The van der Waals surface area contributed by atoms with E-state index in [1.54, 1.807) is 6.07 Å². The minimum absolute atomic E-state index is 0.0628. The minimum Gasteiger partial charge on any atom is -0.407 e. The molecule has 3 aromatic carbocycles. The molecule has 0 saturated heterocycles. The monoisotopic (exact) mass is 418 g/mol. The van der Waals surface area contributed by atoms with Gasteiger partial charge in [-0.3, -0.25) is 0 Å². The third-order valence-electron chi connectivity index (χ3n) is 5.57. The van der Waals surface area contributed by atoms with Crippen LogP contribution in [0.1, 0.15) is 26.6 Å². The van der Waals surface area contributed by atoms with Gasteiger partial charge in [0.2, 0.25) is 0 Å². The molecule has 0 aliphatic heterocycles. The summed E-state index contributed by atoms with van der Waals surface area (Å²) < 4.78 is 20.4. The molecule has 4 aromatic rings. The van der Waals surface area contributed by atoms with Gasteiger partial charge in [0.1, 0.15) is 11.6 Å². The van der Waals surface area contributed by atoms with Crippen LogP contribution in [0.5, 0.6) is 0 Å². The molecule has 1 heterocycles. The zero-order valence-electron chi connectivity index (χ0n) is 17.7. The van der Waals surface area contributed by atoms with Gasteiger partial charge >= 0.3 is 0 Å². The third kappa shape index (κ3) is 3.83. The highest BCUT2D eigenvalue weighted by atomic mass is 28.4. The van der Waals surface area contributed by atoms with Crippen LogP contribution < -0.4 is 10.4 Å². The summed E-state index contributed by atoms with van der Waals surface area (Å²) in [4.78, 5) is 7.82. The molecule has 30 heavy (non-hydrogen) atoms. The van der Waals surface area contributed by atoms with Crippen molar-refractivity contribution in [3.8, 4) is 0 Å². The SMILES string of the molecule is CC(C)(C)[Si](OCCc1nc2ccc(F)cc2[nH]1)(c1ccccc1)c1ccccc1. The maximum absolute atomic E-state index is 13.5. The van der Waals surface area contributed by atoms with Gasteiger partial charge in [-0.15, -0.1) is 0 Å². The Bertz CT molecular complexity index is 1080. The van der Waals surface area contributed by atoms with Gasteiger partial charge in [0.15, 0.2) is 0 Å². The van der Waals surface area contributed by atoms with Crippen molar-refractivity contribution in [2.24, 2.45) is 0 Å². The van der Waals surface area contributed by atoms with E-state index in [2.05, 4.69) is 79.3 Å². The number of halogens is 1. The Morgan fingerprint density at radius 2 is 1.50 bits per heavy atom. The van der Waals surface area contributed by atoms with Crippen molar-refractivity contribution in [1.29, 1.82) is 0 Å². The molecule has 0 aliphatic rings. The fraction of sp³-hybridized carbons (Fsp3) is 0.240. The summed E-state index contributed by atoms with van der Waals surface area (Å²) in [6.07, 6.45) is 0.640. The summed E-state index contributed by atoms with van der Waals surface area (Å²) in [6, 6.07) is 25.8. The molecule has 5 heteroatoms. The molecule has 0 radical (unpaired) electrons. The number of hydrogen-bond donors (Lipinski definition) is 1. The van der Waals surface area contributed by atoms with Crippen molar-refractivity contribution in [2.75, 3.05) is 6.61 Å². The van der Waals surface area contributed by atoms with Crippen LogP contribution in [0.25, 0.3) is 11.0 Å². The van der Waals surface area contributed by atoms with Crippen molar-refractivity contribution in [2.45, 2.75) is 32.2 Å². The lowest BCUT2D eigenvalue weighted by molar-refractivity contribution is 0.299. The van der Waals surface area contributed by atoms with E-state index in [0.717, 1.165) is 16.9 Å². The summed E-state index contributed by atoms with van der Waals surface area (Å²) in [6.45, 7) is 7.34. The van der Waals surface area contributed by atoms with Crippen molar-refractivity contribution in [3.63, 3.8) is 0 Å². The molecule has 3 nitrogen and oxygen atoms in total. The maximum atomic E-state index is 13.5. The van der Waals surface area contributed by atoms with E-state index in [0.29, 0.717) is 13.0 Å². The fourth-order valence-electron chi connectivity index (χ4n) is 4.22. The van der Waals surface area contributed by atoms with Gasteiger partial charge in [-0.25, -0.2) is 9.37 Å². The number of nitrogens with zero attached hydrogens (tertiary/aromatic N) is 1. The van der Waals surface area contributed by atoms with Crippen LogP contribution in [-0.2, 0) is 10.8 Å². The van der Waals surface area contributed by atoms with E-state index in [1.807, 2.05) is 12.1 Å². The Labute approximate surface area is 178 Å². The largest absolute Gasteiger partial charge is 0.407 e. The Kier molecular flexibility index (Phi) is 5.58. The number of nitrogens with one attached hydrogen (secondary N) is 1. The molecule has 0 atom stereocenters. The van der Waals surface area contributed by atoms with Crippen molar-refractivity contribution in [3.05, 3.63) is 90.5 Å². The smallest absolute Gasteiger partial charge is 0.261 e. The average molecular weight is 419 g/mol. The summed E-state index contributed by atoms with van der Waals surface area (Å²) >= 11 is 0. The van der Waals surface area contributed by atoms with Crippen LogP contribution in [0, 0.1) is 5.82 Å². The van der Waals surface area contributed by atoms with Crippen LogP contribution in [0.3, 0.4) is 0 Å². The number of aromatic nitrogens is 2. The Hall–Kier alpha value is -2.76. The molecular formula is C25H27FN2OSi. The van der Waals surface area contributed by atoms with Gasteiger partial charge in [-0.2, -0.15) is 0 Å². The summed E-state index contributed by atoms with van der Waals surface area (Å²) in [5, 5.41) is 2.46. The van der Waals surface area contributed by atoms with Crippen molar-refractivity contribution in [1.82, 2.24) is 9.97 Å². The molecule has 0 saturated carbocycles. The Morgan fingerprint density at radius 1 is 0.900 bits per heavy atom. The molecule has 0 aliphatic carbocycles. The number of hydrogen-bond acceptors (Lipinski definition) is 2. The predicted octanol–water partition coefficient (Wildman–Crippen LogP) is 4.82. The van der Waals surface area contributed by atoms with Crippen LogP contribution in [0.15, 0.2) is 78.9 Å². The average Bonchev–Trinajstić information content (AvgIpc) is 3.13. The molecule has 4 rings (SSSR count). The van der Waals surface area contributed by atoms with Gasteiger partial charge in [0.25, 0.3) is 8.32 Å². The molecular weight excluding hydrogens is 391 g/mol. The number of fused-ring (bicyclic) bond motifs is 1. The first kappa shape index (κ1) is 20.5. The first-order chi connectivity index (χ1) is 14.4. The standard InChI is InChI=1S/C25H27FN2OSi/c1-25(2,3)30(20-10-6-4-7-11-20,21-12-8-5-9-13-21)29-17-16-24-27-22-15-14-19(26)18-23(22)28-24/h4-15,18H,16-17H2,1-3H3,(H,27,28). The van der Waals surface area contributed by atoms with Crippen molar-refractivity contribution < 1.29 is 8.82 Å². The molecule has 1 N–H and O–H groups in total. The van der Waals surface area contributed by atoms with Gasteiger partial charge in [0, 0.05) is 13.0 Å². The van der Waals surface area contributed by atoms with E-state index >= 15 is 0 Å². The Balaban J connectivity index is 1.67. The van der Waals surface area contributed by atoms with Gasteiger partial charge in [0.05, 0.1) is 11.0 Å². The highest BCUT2D eigenvalue weighted by molar-refractivity contribution is 6.99. The van der Waals surface area contributed by atoms with E-state index in [1.165, 1.54) is 22.5 Å². The van der Waals surface area contributed by atoms with Crippen molar-refractivity contribution >= 4 is 29.7 Å².